The minimum absolute atomic E-state index is 0.0112. The number of hydrogen-bond acceptors (Lipinski definition) is 2. The molecule has 1 aromatic heterocycles. The molecule has 0 unspecified atom stereocenters. The normalized spacial score (nSPS) is 11.0. The lowest BCUT2D eigenvalue weighted by molar-refractivity contribution is -0.131. The average Bonchev–Trinajstić information content (AvgIpc) is 2.80. The minimum Gasteiger partial charge on any atom is -0.340 e. The van der Waals surface area contributed by atoms with Crippen molar-refractivity contribution in [1.29, 1.82) is 0 Å². The van der Waals surface area contributed by atoms with E-state index in [-0.39, 0.29) is 18.1 Å². The summed E-state index contributed by atoms with van der Waals surface area (Å²) < 4.78 is 3.06. The number of nitrogens with zero attached hydrogens (tertiary/aromatic N) is 3. The Bertz CT molecular complexity index is 958. The molecule has 0 radical (unpaired) electrons. The SMILES string of the molecule is CN(Cc1cccc(Cl)c1)C(=O)Cn1c(=O)n(C)c2ccccc21. The highest BCUT2D eigenvalue weighted by molar-refractivity contribution is 6.30. The van der Waals surface area contributed by atoms with E-state index >= 15 is 0 Å². The van der Waals surface area contributed by atoms with Crippen LogP contribution in [-0.2, 0) is 24.9 Å². The first kappa shape index (κ1) is 16.3. The fourth-order valence-electron chi connectivity index (χ4n) is 2.77. The third-order valence-electron chi connectivity index (χ3n) is 4.08. The van der Waals surface area contributed by atoms with Crippen molar-refractivity contribution in [2.45, 2.75) is 13.1 Å². The van der Waals surface area contributed by atoms with Gasteiger partial charge in [-0.15, -0.1) is 0 Å². The van der Waals surface area contributed by atoms with Crippen molar-refractivity contribution in [1.82, 2.24) is 14.0 Å². The van der Waals surface area contributed by atoms with Crippen molar-refractivity contribution >= 4 is 28.5 Å². The van der Waals surface area contributed by atoms with Gasteiger partial charge in [0.05, 0.1) is 11.0 Å². The highest BCUT2D eigenvalue weighted by atomic mass is 35.5. The first-order valence-corrected chi connectivity index (χ1v) is 7.98. The maximum Gasteiger partial charge on any atom is 0.329 e. The molecule has 0 saturated heterocycles. The van der Waals surface area contributed by atoms with Crippen molar-refractivity contribution in [3.63, 3.8) is 0 Å². The summed E-state index contributed by atoms with van der Waals surface area (Å²) in [5.41, 5.74) is 2.33. The summed E-state index contributed by atoms with van der Waals surface area (Å²) in [6, 6.07) is 14.8. The number of fused-ring (bicyclic) bond motifs is 1. The Morgan fingerprint density at radius 1 is 1.12 bits per heavy atom. The van der Waals surface area contributed by atoms with Gasteiger partial charge in [0, 0.05) is 25.7 Å². The fraction of sp³-hybridized carbons (Fsp3) is 0.222. The van der Waals surface area contributed by atoms with Crippen LogP contribution in [0.15, 0.2) is 53.3 Å². The molecule has 5 nitrogen and oxygen atoms in total. The van der Waals surface area contributed by atoms with Gasteiger partial charge in [0.1, 0.15) is 6.54 Å². The zero-order valence-electron chi connectivity index (χ0n) is 13.6. The van der Waals surface area contributed by atoms with Gasteiger partial charge in [0.25, 0.3) is 0 Å². The fourth-order valence-corrected chi connectivity index (χ4v) is 2.98. The molecule has 24 heavy (non-hydrogen) atoms. The zero-order valence-corrected chi connectivity index (χ0v) is 14.3. The largest absolute Gasteiger partial charge is 0.340 e. The predicted octanol–water partition coefficient (Wildman–Crippen LogP) is 2.65. The van der Waals surface area contributed by atoms with E-state index in [0.29, 0.717) is 11.6 Å². The number of aromatic nitrogens is 2. The minimum atomic E-state index is -0.194. The summed E-state index contributed by atoms with van der Waals surface area (Å²) in [6.07, 6.45) is 0. The molecule has 0 fully saturated rings. The lowest BCUT2D eigenvalue weighted by Crippen LogP contribution is -2.33. The number of para-hydroxylation sites is 2. The topological polar surface area (TPSA) is 47.2 Å². The second kappa shape index (κ2) is 6.53. The number of hydrogen-bond donors (Lipinski definition) is 0. The maximum absolute atomic E-state index is 12.5. The lowest BCUT2D eigenvalue weighted by atomic mass is 10.2. The van der Waals surface area contributed by atoms with Gasteiger partial charge in [-0.2, -0.15) is 0 Å². The Morgan fingerprint density at radius 3 is 2.54 bits per heavy atom. The molecule has 124 valence electrons. The van der Waals surface area contributed by atoms with E-state index in [1.807, 2.05) is 42.5 Å². The molecule has 0 N–H and O–H groups in total. The number of benzene rings is 2. The number of rotatable bonds is 4. The van der Waals surface area contributed by atoms with E-state index in [1.54, 1.807) is 29.6 Å². The molecule has 1 amide bonds. The Balaban J connectivity index is 1.82. The van der Waals surface area contributed by atoms with Gasteiger partial charge in [0.15, 0.2) is 0 Å². The number of carbonyl (C=O) groups is 1. The molecule has 0 spiro atoms. The van der Waals surface area contributed by atoms with Gasteiger partial charge in [-0.3, -0.25) is 13.9 Å². The Labute approximate surface area is 144 Å². The molecule has 0 aliphatic carbocycles. The van der Waals surface area contributed by atoms with Crippen LogP contribution in [-0.4, -0.2) is 27.0 Å². The Morgan fingerprint density at radius 2 is 1.83 bits per heavy atom. The second-order valence-corrected chi connectivity index (χ2v) is 6.23. The molecule has 0 atom stereocenters. The van der Waals surface area contributed by atoms with Crippen molar-refractivity contribution in [2.24, 2.45) is 7.05 Å². The quantitative estimate of drug-likeness (QED) is 0.731. The predicted molar refractivity (Wildman–Crippen MR) is 95.1 cm³/mol. The monoisotopic (exact) mass is 343 g/mol. The van der Waals surface area contributed by atoms with Crippen LogP contribution in [0.4, 0.5) is 0 Å². The number of amides is 1. The molecule has 0 aliphatic rings. The summed E-state index contributed by atoms with van der Waals surface area (Å²) in [5.74, 6) is -0.131. The lowest BCUT2D eigenvalue weighted by Gasteiger charge is -2.17. The van der Waals surface area contributed by atoms with Gasteiger partial charge in [-0.05, 0) is 29.8 Å². The molecular formula is C18H18ClN3O2. The van der Waals surface area contributed by atoms with Crippen molar-refractivity contribution in [2.75, 3.05) is 7.05 Å². The van der Waals surface area contributed by atoms with Crippen LogP contribution in [0.5, 0.6) is 0 Å². The van der Waals surface area contributed by atoms with Crippen LogP contribution in [0.25, 0.3) is 11.0 Å². The van der Waals surface area contributed by atoms with Crippen LogP contribution >= 0.6 is 11.6 Å². The standard InChI is InChI=1S/C18H18ClN3O2/c1-20(11-13-6-5-7-14(19)10-13)17(23)12-22-16-9-4-3-8-15(16)21(2)18(22)24/h3-10H,11-12H2,1-2H3. The first-order valence-electron chi connectivity index (χ1n) is 7.60. The molecule has 1 heterocycles. The highest BCUT2D eigenvalue weighted by Gasteiger charge is 2.16. The second-order valence-electron chi connectivity index (χ2n) is 5.80. The summed E-state index contributed by atoms with van der Waals surface area (Å²) in [5, 5.41) is 0.638. The number of imidazole rings is 1. The van der Waals surface area contributed by atoms with E-state index in [9.17, 15) is 9.59 Å². The highest BCUT2D eigenvalue weighted by Crippen LogP contribution is 2.14. The smallest absolute Gasteiger partial charge is 0.329 e. The molecular weight excluding hydrogens is 326 g/mol. The van der Waals surface area contributed by atoms with E-state index < -0.39 is 0 Å². The number of carbonyl (C=O) groups excluding carboxylic acids is 1. The van der Waals surface area contributed by atoms with Crippen LogP contribution in [0, 0.1) is 0 Å². The number of halogens is 1. The molecule has 0 bridgehead atoms. The molecule has 6 heteroatoms. The van der Waals surface area contributed by atoms with Crippen LogP contribution < -0.4 is 5.69 Å². The number of aryl methyl sites for hydroxylation is 1. The molecule has 0 saturated carbocycles. The van der Waals surface area contributed by atoms with Gasteiger partial charge in [-0.1, -0.05) is 35.9 Å². The van der Waals surface area contributed by atoms with Crippen LogP contribution in [0.3, 0.4) is 0 Å². The van der Waals surface area contributed by atoms with Crippen molar-refractivity contribution < 1.29 is 4.79 Å². The zero-order chi connectivity index (χ0) is 17.3. The maximum atomic E-state index is 12.5. The van der Waals surface area contributed by atoms with Gasteiger partial charge < -0.3 is 4.90 Å². The molecule has 3 rings (SSSR count). The Hall–Kier alpha value is -2.53. The van der Waals surface area contributed by atoms with Crippen LogP contribution in [0.2, 0.25) is 5.02 Å². The third-order valence-corrected chi connectivity index (χ3v) is 4.31. The average molecular weight is 344 g/mol. The van der Waals surface area contributed by atoms with Gasteiger partial charge in [-0.25, -0.2) is 4.79 Å². The summed E-state index contributed by atoms with van der Waals surface area (Å²) in [7, 11) is 3.43. The van der Waals surface area contributed by atoms with E-state index in [0.717, 1.165) is 16.6 Å². The first-order chi connectivity index (χ1) is 11.5. The van der Waals surface area contributed by atoms with Crippen LogP contribution in [0.1, 0.15) is 5.56 Å². The summed E-state index contributed by atoms with van der Waals surface area (Å²) >= 11 is 5.97. The van der Waals surface area contributed by atoms with E-state index in [4.69, 9.17) is 11.6 Å². The summed E-state index contributed by atoms with van der Waals surface area (Å²) in [6.45, 7) is 0.455. The third kappa shape index (κ3) is 3.08. The van der Waals surface area contributed by atoms with E-state index in [2.05, 4.69) is 0 Å². The van der Waals surface area contributed by atoms with Gasteiger partial charge >= 0.3 is 5.69 Å². The summed E-state index contributed by atoms with van der Waals surface area (Å²) in [4.78, 5) is 26.5. The van der Waals surface area contributed by atoms with Crippen molar-refractivity contribution in [3.05, 3.63) is 69.6 Å². The number of likely N-dealkylation sites (N-methyl/N-ethyl adjacent to an activating group) is 1. The Kier molecular flexibility index (Phi) is 4.44. The molecule has 3 aromatic rings. The van der Waals surface area contributed by atoms with Crippen molar-refractivity contribution in [3.8, 4) is 0 Å². The van der Waals surface area contributed by atoms with Gasteiger partial charge in [0.2, 0.25) is 5.91 Å². The molecule has 0 aliphatic heterocycles. The van der Waals surface area contributed by atoms with E-state index in [1.165, 1.54) is 4.57 Å². The molecule has 2 aromatic carbocycles.